The molecule has 162 valence electrons. The van der Waals surface area contributed by atoms with Crippen molar-refractivity contribution in [2.45, 2.75) is 11.8 Å². The fourth-order valence-corrected chi connectivity index (χ4v) is 3.89. The SMILES string of the molecule is Cc1cc(S(=O)(=O)Nc2ccc(Cl)cc2)ccc1OCC(=O)Nc1c(F)cccc1F. The van der Waals surface area contributed by atoms with Crippen molar-refractivity contribution in [1.29, 1.82) is 0 Å². The number of anilines is 2. The topological polar surface area (TPSA) is 84.5 Å². The van der Waals surface area contributed by atoms with Crippen LogP contribution in [0.15, 0.2) is 65.6 Å². The summed E-state index contributed by atoms with van der Waals surface area (Å²) in [7, 11) is -3.86. The van der Waals surface area contributed by atoms with Crippen molar-refractivity contribution in [3.05, 3.63) is 82.9 Å². The zero-order valence-electron chi connectivity index (χ0n) is 16.2. The van der Waals surface area contributed by atoms with Crippen molar-refractivity contribution < 1.29 is 26.7 Å². The van der Waals surface area contributed by atoms with E-state index in [0.717, 1.165) is 12.1 Å². The van der Waals surface area contributed by atoms with Gasteiger partial charge in [0.05, 0.1) is 4.90 Å². The van der Waals surface area contributed by atoms with Crippen molar-refractivity contribution in [2.24, 2.45) is 0 Å². The summed E-state index contributed by atoms with van der Waals surface area (Å²) < 4.78 is 60.1. The van der Waals surface area contributed by atoms with Crippen LogP contribution < -0.4 is 14.8 Å². The lowest BCUT2D eigenvalue weighted by molar-refractivity contribution is -0.118. The van der Waals surface area contributed by atoms with Gasteiger partial charge in [0.15, 0.2) is 6.61 Å². The summed E-state index contributed by atoms with van der Waals surface area (Å²) in [6.45, 7) is 1.08. The highest BCUT2D eigenvalue weighted by molar-refractivity contribution is 7.92. The Morgan fingerprint density at radius 2 is 1.68 bits per heavy atom. The largest absolute Gasteiger partial charge is 0.483 e. The summed E-state index contributed by atoms with van der Waals surface area (Å²) in [4.78, 5) is 12.0. The normalized spacial score (nSPS) is 11.1. The molecule has 31 heavy (non-hydrogen) atoms. The van der Waals surface area contributed by atoms with Crippen LogP contribution in [0.5, 0.6) is 5.75 Å². The van der Waals surface area contributed by atoms with Gasteiger partial charge in [0.2, 0.25) is 0 Å². The maximum absolute atomic E-state index is 13.6. The fraction of sp³-hybridized carbons (Fsp3) is 0.0952. The molecule has 0 fully saturated rings. The highest BCUT2D eigenvalue weighted by Gasteiger charge is 2.17. The molecule has 10 heteroatoms. The molecule has 0 radical (unpaired) electrons. The van der Waals surface area contributed by atoms with Gasteiger partial charge in [-0.05, 0) is 67.1 Å². The van der Waals surface area contributed by atoms with Crippen molar-refractivity contribution >= 4 is 38.9 Å². The lowest BCUT2D eigenvalue weighted by atomic mass is 10.2. The molecule has 0 aliphatic carbocycles. The predicted octanol–water partition coefficient (Wildman–Crippen LogP) is 4.74. The quantitative estimate of drug-likeness (QED) is 0.526. The predicted molar refractivity (Wildman–Crippen MR) is 114 cm³/mol. The molecule has 3 aromatic rings. The molecule has 6 nitrogen and oxygen atoms in total. The van der Waals surface area contributed by atoms with Gasteiger partial charge in [0, 0.05) is 10.7 Å². The minimum Gasteiger partial charge on any atom is -0.483 e. The number of nitrogens with one attached hydrogen (secondary N) is 2. The van der Waals surface area contributed by atoms with Crippen LogP contribution in [0.25, 0.3) is 0 Å². The summed E-state index contributed by atoms with van der Waals surface area (Å²) in [5.41, 5.74) is 0.228. The van der Waals surface area contributed by atoms with E-state index in [-0.39, 0.29) is 10.6 Å². The van der Waals surface area contributed by atoms with Gasteiger partial charge in [0.1, 0.15) is 23.1 Å². The highest BCUT2D eigenvalue weighted by Crippen LogP contribution is 2.24. The number of sulfonamides is 1. The molecule has 1 amide bonds. The van der Waals surface area contributed by atoms with Crippen molar-refractivity contribution in [3.8, 4) is 5.75 Å². The van der Waals surface area contributed by atoms with E-state index in [1.165, 1.54) is 36.4 Å². The first-order valence-corrected chi connectivity index (χ1v) is 10.8. The van der Waals surface area contributed by atoms with Crippen LogP contribution >= 0.6 is 11.6 Å². The standard InChI is InChI=1S/C21H17ClF2N2O4S/c1-13-11-16(31(28,29)26-15-7-5-14(22)6-8-15)9-10-19(13)30-12-20(27)25-21-17(23)3-2-4-18(21)24/h2-11,26H,12H2,1H3,(H,25,27). The molecule has 0 aromatic heterocycles. The summed E-state index contributed by atoms with van der Waals surface area (Å²) in [5, 5.41) is 2.58. The number of halogens is 3. The van der Waals surface area contributed by atoms with E-state index in [4.69, 9.17) is 16.3 Å². The third kappa shape index (κ3) is 5.71. The molecule has 0 saturated heterocycles. The first-order valence-electron chi connectivity index (χ1n) is 8.91. The number of hydrogen-bond donors (Lipinski definition) is 2. The smallest absolute Gasteiger partial charge is 0.262 e. The Labute approximate surface area is 182 Å². The van der Waals surface area contributed by atoms with Gasteiger partial charge < -0.3 is 10.1 Å². The van der Waals surface area contributed by atoms with Gasteiger partial charge in [0.25, 0.3) is 15.9 Å². The van der Waals surface area contributed by atoms with E-state index in [1.807, 2.05) is 0 Å². The molecule has 0 heterocycles. The number of aryl methyl sites for hydroxylation is 1. The first kappa shape index (κ1) is 22.5. The fourth-order valence-electron chi connectivity index (χ4n) is 2.62. The van der Waals surface area contributed by atoms with E-state index < -0.39 is 39.9 Å². The average Bonchev–Trinajstić information content (AvgIpc) is 2.71. The second kappa shape index (κ2) is 9.32. The number of rotatable bonds is 7. The van der Waals surface area contributed by atoms with Crippen LogP contribution in [0.1, 0.15) is 5.56 Å². The number of carbonyl (C=O) groups excluding carboxylic acids is 1. The molecular weight excluding hydrogens is 450 g/mol. The third-order valence-corrected chi connectivity index (χ3v) is 5.77. The van der Waals surface area contributed by atoms with E-state index in [1.54, 1.807) is 19.1 Å². The molecule has 3 aromatic carbocycles. The van der Waals surface area contributed by atoms with E-state index in [2.05, 4.69) is 10.0 Å². The molecule has 0 atom stereocenters. The molecule has 0 aliphatic heterocycles. The summed E-state index contributed by atoms with van der Waals surface area (Å²) in [6, 6.07) is 13.5. The average molecular weight is 467 g/mol. The van der Waals surface area contributed by atoms with E-state index in [0.29, 0.717) is 16.3 Å². The van der Waals surface area contributed by atoms with Crippen LogP contribution in [-0.4, -0.2) is 20.9 Å². The molecule has 0 bridgehead atoms. The van der Waals surface area contributed by atoms with Crippen LogP contribution in [-0.2, 0) is 14.8 Å². The number of para-hydroxylation sites is 1. The number of hydrogen-bond acceptors (Lipinski definition) is 4. The second-order valence-electron chi connectivity index (χ2n) is 6.47. The minimum absolute atomic E-state index is 0.00909. The molecule has 3 rings (SSSR count). The van der Waals surface area contributed by atoms with Gasteiger partial charge in [-0.15, -0.1) is 0 Å². The molecule has 0 unspecified atom stereocenters. The van der Waals surface area contributed by atoms with Crippen LogP contribution in [0.2, 0.25) is 5.02 Å². The molecule has 0 aliphatic rings. The number of benzene rings is 3. The van der Waals surface area contributed by atoms with Crippen LogP contribution in [0.4, 0.5) is 20.2 Å². The van der Waals surface area contributed by atoms with Crippen molar-refractivity contribution in [2.75, 3.05) is 16.6 Å². The third-order valence-electron chi connectivity index (χ3n) is 4.14. The second-order valence-corrected chi connectivity index (χ2v) is 8.59. The maximum atomic E-state index is 13.6. The van der Waals surface area contributed by atoms with Gasteiger partial charge in [-0.25, -0.2) is 17.2 Å². The molecule has 0 saturated carbocycles. The molecule has 2 N–H and O–H groups in total. The summed E-state index contributed by atoms with van der Waals surface area (Å²) in [5.74, 6) is -2.35. The Balaban J connectivity index is 1.66. The monoisotopic (exact) mass is 466 g/mol. The maximum Gasteiger partial charge on any atom is 0.262 e. The summed E-state index contributed by atoms with van der Waals surface area (Å²) in [6.07, 6.45) is 0. The molecule has 0 spiro atoms. The van der Waals surface area contributed by atoms with E-state index >= 15 is 0 Å². The number of carbonyl (C=O) groups is 1. The minimum atomic E-state index is -3.86. The lowest BCUT2D eigenvalue weighted by Crippen LogP contribution is -2.22. The van der Waals surface area contributed by atoms with Crippen molar-refractivity contribution in [3.63, 3.8) is 0 Å². The highest BCUT2D eigenvalue weighted by atomic mass is 35.5. The van der Waals surface area contributed by atoms with Gasteiger partial charge in [-0.2, -0.15) is 0 Å². The Bertz CT molecular complexity index is 1200. The lowest BCUT2D eigenvalue weighted by Gasteiger charge is -2.13. The first-order chi connectivity index (χ1) is 14.7. The Morgan fingerprint density at radius 3 is 2.29 bits per heavy atom. The van der Waals surface area contributed by atoms with Gasteiger partial charge in [-0.1, -0.05) is 17.7 Å². The van der Waals surface area contributed by atoms with E-state index in [9.17, 15) is 22.0 Å². The Morgan fingerprint density at radius 1 is 1.03 bits per heavy atom. The Hall–Kier alpha value is -3.17. The summed E-state index contributed by atoms with van der Waals surface area (Å²) >= 11 is 5.79. The molecular formula is C21H17ClF2N2O4S. The van der Waals surface area contributed by atoms with Crippen LogP contribution in [0, 0.1) is 18.6 Å². The van der Waals surface area contributed by atoms with Crippen LogP contribution in [0.3, 0.4) is 0 Å². The van der Waals surface area contributed by atoms with Gasteiger partial charge in [-0.3, -0.25) is 9.52 Å². The number of ether oxygens (including phenoxy) is 1. The zero-order valence-corrected chi connectivity index (χ0v) is 17.7. The van der Waals surface area contributed by atoms with Gasteiger partial charge >= 0.3 is 0 Å². The Kier molecular flexibility index (Phi) is 6.77. The van der Waals surface area contributed by atoms with Crippen molar-refractivity contribution in [1.82, 2.24) is 0 Å². The number of amides is 1. The zero-order chi connectivity index (χ0) is 22.6.